The zero-order chi connectivity index (χ0) is 16.9. The van der Waals surface area contributed by atoms with Gasteiger partial charge in [0.25, 0.3) is 11.8 Å². The summed E-state index contributed by atoms with van der Waals surface area (Å²) < 4.78 is 9.83. The van der Waals surface area contributed by atoms with Crippen LogP contribution >= 0.6 is 11.8 Å². The molecule has 8 heteroatoms. The molecule has 1 aliphatic heterocycles. The van der Waals surface area contributed by atoms with E-state index in [-0.39, 0.29) is 17.1 Å². The molecule has 1 rings (SSSR count). The smallest absolute Gasteiger partial charge is 0.310 e. The standard InChI is InChI=1S/C14H19NO6S/c1-14(2,3)21-11(17)5-8(13(19)20-4)7-22-9-6-10(16)15-12(9)18/h6,8H,5,7H2,1-4H3,(H,15,16,18)/t8-/m0/s1. The first-order valence-electron chi connectivity index (χ1n) is 6.62. The lowest BCUT2D eigenvalue weighted by Gasteiger charge is -2.21. The van der Waals surface area contributed by atoms with E-state index in [2.05, 4.69) is 10.1 Å². The molecule has 1 heterocycles. The monoisotopic (exact) mass is 329 g/mol. The van der Waals surface area contributed by atoms with Crippen LogP contribution in [0.2, 0.25) is 0 Å². The highest BCUT2D eigenvalue weighted by Gasteiger charge is 2.29. The van der Waals surface area contributed by atoms with Gasteiger partial charge in [-0.2, -0.15) is 0 Å². The first-order valence-corrected chi connectivity index (χ1v) is 7.60. The van der Waals surface area contributed by atoms with Crippen LogP contribution < -0.4 is 5.32 Å². The second-order valence-corrected chi connectivity index (χ2v) is 6.71. The molecule has 0 unspecified atom stereocenters. The third kappa shape index (κ3) is 5.88. The molecule has 0 aliphatic carbocycles. The number of hydrogen-bond acceptors (Lipinski definition) is 7. The Labute approximate surface area is 132 Å². The molecule has 1 N–H and O–H groups in total. The number of imide groups is 1. The Bertz CT molecular complexity index is 520. The summed E-state index contributed by atoms with van der Waals surface area (Å²) in [5.74, 6) is -2.70. The van der Waals surface area contributed by atoms with E-state index in [0.29, 0.717) is 0 Å². The maximum atomic E-state index is 11.8. The maximum absolute atomic E-state index is 11.8. The third-order valence-corrected chi connectivity index (χ3v) is 3.71. The Balaban J connectivity index is 2.64. The molecule has 2 amide bonds. The Morgan fingerprint density at radius 2 is 1.95 bits per heavy atom. The van der Waals surface area contributed by atoms with Crippen molar-refractivity contribution in [2.75, 3.05) is 12.9 Å². The van der Waals surface area contributed by atoms with Gasteiger partial charge >= 0.3 is 11.9 Å². The van der Waals surface area contributed by atoms with Crippen molar-refractivity contribution in [1.29, 1.82) is 0 Å². The highest BCUT2D eigenvalue weighted by molar-refractivity contribution is 8.04. The van der Waals surface area contributed by atoms with Gasteiger partial charge in [-0.3, -0.25) is 24.5 Å². The quantitative estimate of drug-likeness (QED) is 0.568. The van der Waals surface area contributed by atoms with Crippen molar-refractivity contribution in [3.05, 3.63) is 11.0 Å². The minimum Gasteiger partial charge on any atom is -0.469 e. The van der Waals surface area contributed by atoms with Crippen molar-refractivity contribution in [3.8, 4) is 0 Å². The fourth-order valence-electron chi connectivity index (χ4n) is 1.65. The number of carbonyl (C=O) groups is 4. The number of rotatable bonds is 6. The number of thioether (sulfide) groups is 1. The van der Waals surface area contributed by atoms with Crippen LogP contribution in [0.25, 0.3) is 0 Å². The second kappa shape index (κ2) is 7.44. The molecular formula is C14H19NO6S. The number of carbonyl (C=O) groups excluding carboxylic acids is 4. The molecule has 1 aliphatic rings. The van der Waals surface area contributed by atoms with E-state index in [1.807, 2.05) is 0 Å². The van der Waals surface area contributed by atoms with Crippen molar-refractivity contribution in [1.82, 2.24) is 5.32 Å². The fourth-order valence-corrected chi connectivity index (χ4v) is 2.66. The molecule has 7 nitrogen and oxygen atoms in total. The number of nitrogens with one attached hydrogen (secondary N) is 1. The number of ether oxygens (including phenoxy) is 2. The molecule has 122 valence electrons. The fraction of sp³-hybridized carbons (Fsp3) is 0.571. The van der Waals surface area contributed by atoms with Gasteiger partial charge < -0.3 is 9.47 Å². The van der Waals surface area contributed by atoms with Crippen LogP contribution in [0, 0.1) is 5.92 Å². The van der Waals surface area contributed by atoms with Crippen LogP contribution in [0.4, 0.5) is 0 Å². The van der Waals surface area contributed by atoms with Gasteiger partial charge in [0.15, 0.2) is 0 Å². The van der Waals surface area contributed by atoms with Gasteiger partial charge in [-0.1, -0.05) is 0 Å². The van der Waals surface area contributed by atoms with Crippen molar-refractivity contribution >= 4 is 35.5 Å². The Kier molecular flexibility index (Phi) is 6.16. The van der Waals surface area contributed by atoms with Crippen LogP contribution in [0.3, 0.4) is 0 Å². The lowest BCUT2D eigenvalue weighted by molar-refractivity contribution is -0.160. The molecule has 0 aromatic carbocycles. The summed E-state index contributed by atoms with van der Waals surface area (Å²) in [5.41, 5.74) is -0.648. The van der Waals surface area contributed by atoms with E-state index in [0.717, 1.165) is 17.8 Å². The Morgan fingerprint density at radius 1 is 1.32 bits per heavy atom. The predicted octanol–water partition coefficient (Wildman–Crippen LogP) is 0.781. The first kappa shape index (κ1) is 18.2. The van der Waals surface area contributed by atoms with Gasteiger partial charge in [0.1, 0.15) is 5.60 Å². The first-order chi connectivity index (χ1) is 10.1. The maximum Gasteiger partial charge on any atom is 0.310 e. The predicted molar refractivity (Wildman–Crippen MR) is 79.7 cm³/mol. The molecular weight excluding hydrogens is 310 g/mol. The summed E-state index contributed by atoms with van der Waals surface area (Å²) in [4.78, 5) is 46.2. The number of hydrogen-bond donors (Lipinski definition) is 1. The van der Waals surface area contributed by atoms with E-state index >= 15 is 0 Å². The molecule has 0 fully saturated rings. The highest BCUT2D eigenvalue weighted by atomic mass is 32.2. The summed E-state index contributed by atoms with van der Waals surface area (Å²) >= 11 is 1.03. The average Bonchev–Trinajstić information content (AvgIpc) is 2.69. The molecule has 0 bridgehead atoms. The van der Waals surface area contributed by atoms with Gasteiger partial charge in [-0.15, -0.1) is 11.8 Å². The SMILES string of the molecule is COC(=O)[C@H](CSC1=CC(=O)NC1=O)CC(=O)OC(C)(C)C. The molecule has 1 atom stereocenters. The molecule has 0 aromatic rings. The van der Waals surface area contributed by atoms with Crippen LogP contribution in [0.15, 0.2) is 11.0 Å². The number of esters is 2. The van der Waals surface area contributed by atoms with Crippen molar-refractivity contribution < 1.29 is 28.7 Å². The van der Waals surface area contributed by atoms with Crippen LogP contribution in [-0.4, -0.2) is 42.2 Å². The lowest BCUT2D eigenvalue weighted by atomic mass is 10.1. The van der Waals surface area contributed by atoms with Gasteiger partial charge in [0, 0.05) is 11.8 Å². The summed E-state index contributed by atoms with van der Waals surface area (Å²) in [5, 5.41) is 2.11. The third-order valence-electron chi connectivity index (χ3n) is 2.53. The molecule has 0 aromatic heterocycles. The van der Waals surface area contributed by atoms with Crippen molar-refractivity contribution in [3.63, 3.8) is 0 Å². The van der Waals surface area contributed by atoms with Crippen LogP contribution in [-0.2, 0) is 28.7 Å². The zero-order valence-electron chi connectivity index (χ0n) is 12.9. The van der Waals surface area contributed by atoms with Crippen LogP contribution in [0.1, 0.15) is 27.2 Å². The molecule has 0 radical (unpaired) electrons. The minimum absolute atomic E-state index is 0.137. The second-order valence-electron chi connectivity index (χ2n) is 5.65. The summed E-state index contributed by atoms with van der Waals surface area (Å²) in [6.45, 7) is 5.18. The normalized spacial score (nSPS) is 15.9. The molecule has 0 spiro atoms. The van der Waals surface area contributed by atoms with E-state index in [9.17, 15) is 19.2 Å². The van der Waals surface area contributed by atoms with Crippen molar-refractivity contribution in [2.24, 2.45) is 5.92 Å². The molecule has 0 saturated heterocycles. The van der Waals surface area contributed by atoms with Gasteiger partial charge in [-0.25, -0.2) is 0 Å². The minimum atomic E-state index is -0.755. The highest BCUT2D eigenvalue weighted by Crippen LogP contribution is 2.24. The average molecular weight is 329 g/mol. The topological polar surface area (TPSA) is 98.8 Å². The summed E-state index contributed by atoms with van der Waals surface area (Å²) in [7, 11) is 1.22. The molecule has 22 heavy (non-hydrogen) atoms. The number of amides is 2. The summed E-state index contributed by atoms with van der Waals surface area (Å²) in [6, 6.07) is 0. The van der Waals surface area contributed by atoms with Gasteiger partial charge in [0.05, 0.1) is 24.4 Å². The van der Waals surface area contributed by atoms with Gasteiger partial charge in [-0.05, 0) is 20.8 Å². The van der Waals surface area contributed by atoms with E-state index in [4.69, 9.17) is 4.74 Å². The zero-order valence-corrected chi connectivity index (χ0v) is 13.7. The largest absolute Gasteiger partial charge is 0.469 e. The van der Waals surface area contributed by atoms with Crippen molar-refractivity contribution in [2.45, 2.75) is 32.8 Å². The lowest BCUT2D eigenvalue weighted by Crippen LogP contribution is -2.29. The van der Waals surface area contributed by atoms with Gasteiger partial charge in [0.2, 0.25) is 0 Å². The van der Waals surface area contributed by atoms with E-state index < -0.39 is 35.3 Å². The summed E-state index contributed by atoms with van der Waals surface area (Å²) in [6.07, 6.45) is 1.01. The Morgan fingerprint density at radius 3 is 2.41 bits per heavy atom. The Hall–Kier alpha value is -1.83. The molecule has 0 saturated carbocycles. The van der Waals surface area contributed by atoms with Crippen LogP contribution in [0.5, 0.6) is 0 Å². The number of methoxy groups -OCH3 is 1. The van der Waals surface area contributed by atoms with E-state index in [1.54, 1.807) is 20.8 Å². The van der Waals surface area contributed by atoms with E-state index in [1.165, 1.54) is 7.11 Å².